The van der Waals surface area contributed by atoms with Gasteiger partial charge >= 0.3 is 5.97 Å². The van der Waals surface area contributed by atoms with Crippen LogP contribution in [-0.2, 0) is 9.53 Å². The van der Waals surface area contributed by atoms with Crippen LogP contribution in [0.1, 0.15) is 44.2 Å². The van der Waals surface area contributed by atoms with Crippen LogP contribution < -0.4 is 0 Å². The Morgan fingerprint density at radius 3 is 2.68 bits per heavy atom. The summed E-state index contributed by atoms with van der Waals surface area (Å²) in [5.41, 5.74) is 2.64. The molecule has 0 saturated carbocycles. The van der Waals surface area contributed by atoms with Gasteiger partial charge in [-0.1, -0.05) is 12.5 Å². The molecule has 0 saturated heterocycles. The fraction of sp³-hybridized carbons (Fsp3) is 0.444. The van der Waals surface area contributed by atoms with Gasteiger partial charge in [0.2, 0.25) is 0 Å². The van der Waals surface area contributed by atoms with E-state index in [1.54, 1.807) is 25.1 Å². The normalized spacial score (nSPS) is 12.9. The lowest BCUT2D eigenvalue weighted by Gasteiger charge is -2.15. The number of allylic oxidation sites excluding steroid dienone is 2. The number of benzene rings is 1. The fourth-order valence-electron chi connectivity index (χ4n) is 2.39. The highest BCUT2D eigenvalue weighted by Gasteiger charge is 2.12. The number of esters is 1. The standard InChI is InChI=1S/C18H24FNO2/c1-5-14(7-9-18(21)22-4)12(2)11-17(20)15-6-8-16(19)13(3)10-15/h6,8,10-11,14,20H,5,7,9H2,1-4H3. The molecule has 3 nitrogen and oxygen atoms in total. The number of carbonyl (C=O) groups excluding carboxylic acids is 1. The van der Waals surface area contributed by atoms with Crippen molar-refractivity contribution in [2.75, 3.05) is 7.11 Å². The van der Waals surface area contributed by atoms with Gasteiger partial charge in [0.25, 0.3) is 0 Å². The van der Waals surface area contributed by atoms with Crippen molar-refractivity contribution in [2.45, 2.75) is 40.0 Å². The molecule has 1 N–H and O–H groups in total. The van der Waals surface area contributed by atoms with E-state index in [0.29, 0.717) is 29.7 Å². The lowest BCUT2D eigenvalue weighted by Crippen LogP contribution is -2.08. The van der Waals surface area contributed by atoms with Crippen LogP contribution in [0.5, 0.6) is 0 Å². The number of methoxy groups -OCH3 is 1. The Hall–Kier alpha value is -1.97. The van der Waals surface area contributed by atoms with Gasteiger partial charge in [-0.15, -0.1) is 0 Å². The molecule has 120 valence electrons. The molecule has 1 aromatic carbocycles. The third-order valence-corrected chi connectivity index (χ3v) is 3.90. The minimum absolute atomic E-state index is 0.213. The summed E-state index contributed by atoms with van der Waals surface area (Å²) in [6, 6.07) is 4.68. The number of aryl methyl sites for hydroxylation is 1. The van der Waals surface area contributed by atoms with Gasteiger partial charge in [-0.05, 0) is 68.0 Å². The first-order valence-electron chi connectivity index (χ1n) is 7.49. The number of rotatable bonds is 7. The molecule has 1 rings (SSSR count). The largest absolute Gasteiger partial charge is 0.469 e. The average Bonchev–Trinajstić information content (AvgIpc) is 2.50. The number of hydrogen-bond acceptors (Lipinski definition) is 3. The van der Waals surface area contributed by atoms with Crippen LogP contribution in [0.2, 0.25) is 0 Å². The van der Waals surface area contributed by atoms with Crippen molar-refractivity contribution in [3.63, 3.8) is 0 Å². The summed E-state index contributed by atoms with van der Waals surface area (Å²) in [4.78, 5) is 11.2. The third-order valence-electron chi connectivity index (χ3n) is 3.90. The van der Waals surface area contributed by atoms with Gasteiger partial charge in [0.15, 0.2) is 0 Å². The van der Waals surface area contributed by atoms with Crippen molar-refractivity contribution in [3.8, 4) is 0 Å². The van der Waals surface area contributed by atoms with E-state index in [1.165, 1.54) is 13.2 Å². The SMILES string of the molecule is CCC(CCC(=O)OC)C(C)=CC(=N)c1ccc(F)c(C)c1. The van der Waals surface area contributed by atoms with Crippen molar-refractivity contribution < 1.29 is 13.9 Å². The molecule has 0 aliphatic rings. The Bertz CT molecular complexity index is 578. The predicted octanol–water partition coefficient (Wildman–Crippen LogP) is 4.43. The molecule has 0 aliphatic heterocycles. The Kier molecular flexibility index (Phi) is 6.96. The summed E-state index contributed by atoms with van der Waals surface area (Å²) in [5, 5.41) is 8.16. The van der Waals surface area contributed by atoms with E-state index in [-0.39, 0.29) is 17.7 Å². The predicted molar refractivity (Wildman–Crippen MR) is 86.8 cm³/mol. The van der Waals surface area contributed by atoms with Crippen molar-refractivity contribution in [1.29, 1.82) is 5.41 Å². The van der Waals surface area contributed by atoms with Crippen LogP contribution in [0.4, 0.5) is 4.39 Å². The molecule has 0 radical (unpaired) electrons. The fourth-order valence-corrected chi connectivity index (χ4v) is 2.39. The first-order valence-corrected chi connectivity index (χ1v) is 7.49. The minimum Gasteiger partial charge on any atom is -0.469 e. The second-order valence-electron chi connectivity index (χ2n) is 5.49. The van der Waals surface area contributed by atoms with Gasteiger partial charge in [0.1, 0.15) is 5.82 Å². The highest BCUT2D eigenvalue weighted by atomic mass is 19.1. The topological polar surface area (TPSA) is 50.2 Å². The van der Waals surface area contributed by atoms with E-state index >= 15 is 0 Å². The molecule has 0 bridgehead atoms. The van der Waals surface area contributed by atoms with Crippen molar-refractivity contribution in [2.24, 2.45) is 5.92 Å². The number of hydrogen-bond donors (Lipinski definition) is 1. The van der Waals surface area contributed by atoms with Crippen molar-refractivity contribution in [3.05, 3.63) is 46.8 Å². The van der Waals surface area contributed by atoms with Crippen LogP contribution in [0, 0.1) is 24.1 Å². The molecule has 22 heavy (non-hydrogen) atoms. The van der Waals surface area contributed by atoms with Crippen molar-refractivity contribution in [1.82, 2.24) is 0 Å². The number of carbonyl (C=O) groups is 1. The summed E-state index contributed by atoms with van der Waals surface area (Å²) in [5.74, 6) is -0.238. The van der Waals surface area contributed by atoms with E-state index in [2.05, 4.69) is 11.7 Å². The molecule has 1 aromatic rings. The number of halogens is 1. The maximum atomic E-state index is 13.3. The van der Waals surface area contributed by atoms with E-state index in [4.69, 9.17) is 5.41 Å². The molecule has 1 atom stereocenters. The summed E-state index contributed by atoms with van der Waals surface area (Å²) >= 11 is 0. The molecule has 0 aromatic heterocycles. The number of nitrogens with one attached hydrogen (secondary N) is 1. The smallest absolute Gasteiger partial charge is 0.305 e. The van der Waals surface area contributed by atoms with E-state index in [9.17, 15) is 9.18 Å². The molecule has 0 fully saturated rings. The van der Waals surface area contributed by atoms with E-state index < -0.39 is 0 Å². The molecular weight excluding hydrogens is 281 g/mol. The Labute approximate surface area is 131 Å². The molecule has 1 unspecified atom stereocenters. The van der Waals surface area contributed by atoms with Gasteiger partial charge in [-0.2, -0.15) is 0 Å². The second kappa shape index (κ2) is 8.47. The summed E-state index contributed by atoms with van der Waals surface area (Å²) < 4.78 is 18.0. The van der Waals surface area contributed by atoms with E-state index in [0.717, 1.165) is 12.0 Å². The monoisotopic (exact) mass is 305 g/mol. The van der Waals surface area contributed by atoms with Gasteiger partial charge in [0.05, 0.1) is 12.8 Å². The zero-order valence-corrected chi connectivity index (χ0v) is 13.7. The van der Waals surface area contributed by atoms with Crippen LogP contribution in [0.3, 0.4) is 0 Å². The molecule has 0 heterocycles. The highest BCUT2D eigenvalue weighted by Crippen LogP contribution is 2.22. The molecule has 0 amide bonds. The lowest BCUT2D eigenvalue weighted by molar-refractivity contribution is -0.140. The quantitative estimate of drug-likeness (QED) is 0.598. The molecular formula is C18H24FNO2. The van der Waals surface area contributed by atoms with Crippen molar-refractivity contribution >= 4 is 11.7 Å². The zero-order valence-electron chi connectivity index (χ0n) is 13.7. The van der Waals surface area contributed by atoms with Gasteiger partial charge in [0, 0.05) is 6.42 Å². The zero-order chi connectivity index (χ0) is 16.7. The summed E-state index contributed by atoms with van der Waals surface area (Å²) in [6.45, 7) is 5.72. The lowest BCUT2D eigenvalue weighted by atomic mass is 9.91. The van der Waals surface area contributed by atoms with Gasteiger partial charge < -0.3 is 10.1 Å². The van der Waals surface area contributed by atoms with E-state index in [1.807, 2.05) is 6.92 Å². The van der Waals surface area contributed by atoms with Crippen LogP contribution >= 0.6 is 0 Å². The number of ether oxygens (including phenoxy) is 1. The Balaban J connectivity index is 2.81. The summed E-state index contributed by atoms with van der Waals surface area (Å²) in [6.07, 6.45) is 3.79. The molecule has 0 aliphatic carbocycles. The summed E-state index contributed by atoms with van der Waals surface area (Å²) in [7, 11) is 1.39. The third kappa shape index (κ3) is 5.10. The first-order chi connectivity index (χ1) is 10.4. The second-order valence-corrected chi connectivity index (χ2v) is 5.49. The highest BCUT2D eigenvalue weighted by molar-refractivity contribution is 6.06. The van der Waals surface area contributed by atoms with Crippen LogP contribution in [-0.4, -0.2) is 18.8 Å². The Morgan fingerprint density at radius 1 is 1.45 bits per heavy atom. The Morgan fingerprint density at radius 2 is 2.14 bits per heavy atom. The van der Waals surface area contributed by atoms with Crippen LogP contribution in [0.15, 0.2) is 29.8 Å². The van der Waals surface area contributed by atoms with Gasteiger partial charge in [-0.3, -0.25) is 4.79 Å². The first kappa shape index (κ1) is 18.1. The maximum Gasteiger partial charge on any atom is 0.305 e. The van der Waals surface area contributed by atoms with Crippen LogP contribution in [0.25, 0.3) is 0 Å². The minimum atomic E-state index is -0.262. The average molecular weight is 305 g/mol. The van der Waals surface area contributed by atoms with Gasteiger partial charge in [-0.25, -0.2) is 4.39 Å². The molecule has 0 spiro atoms. The maximum absolute atomic E-state index is 13.3. The molecule has 4 heteroatoms.